The number of sulfonamides is 1. The van der Waals surface area contributed by atoms with E-state index in [1.54, 1.807) is 30.3 Å². The van der Waals surface area contributed by atoms with Gasteiger partial charge in [0.25, 0.3) is 10.0 Å². The Morgan fingerprint density at radius 1 is 0.955 bits per heavy atom. The number of benzene rings is 2. The van der Waals surface area contributed by atoms with Crippen LogP contribution in [0.3, 0.4) is 0 Å². The highest BCUT2D eigenvalue weighted by Gasteiger charge is 2.16. The highest BCUT2D eigenvalue weighted by molar-refractivity contribution is 7.92. The van der Waals surface area contributed by atoms with E-state index in [2.05, 4.69) is 9.71 Å². The Labute approximate surface area is 130 Å². The SMILES string of the molecule is Cc1ccc(S(=O)(=O)Nc2cccc3c(C)c(C)[nH]c23)cc1. The number of para-hydroxylation sites is 1. The van der Waals surface area contributed by atoms with Gasteiger partial charge in [0.15, 0.2) is 0 Å². The summed E-state index contributed by atoms with van der Waals surface area (Å²) < 4.78 is 27.7. The number of hydrogen-bond donors (Lipinski definition) is 2. The predicted molar refractivity (Wildman–Crippen MR) is 89.8 cm³/mol. The fraction of sp³-hybridized carbons (Fsp3) is 0.176. The lowest BCUT2D eigenvalue weighted by Crippen LogP contribution is -2.13. The zero-order chi connectivity index (χ0) is 15.9. The molecule has 0 spiro atoms. The zero-order valence-corrected chi connectivity index (χ0v) is 13.6. The van der Waals surface area contributed by atoms with Crippen molar-refractivity contribution >= 4 is 26.6 Å². The molecule has 0 aliphatic rings. The molecule has 1 aromatic heterocycles. The highest BCUT2D eigenvalue weighted by atomic mass is 32.2. The number of aryl methyl sites for hydroxylation is 3. The third-order valence-electron chi connectivity index (χ3n) is 3.92. The summed E-state index contributed by atoms with van der Waals surface area (Å²) in [5.74, 6) is 0. The van der Waals surface area contributed by atoms with Crippen LogP contribution in [0, 0.1) is 20.8 Å². The molecule has 22 heavy (non-hydrogen) atoms. The van der Waals surface area contributed by atoms with Crippen LogP contribution < -0.4 is 4.72 Å². The van der Waals surface area contributed by atoms with Crippen LogP contribution in [0.15, 0.2) is 47.4 Å². The molecular weight excluding hydrogens is 296 g/mol. The Morgan fingerprint density at radius 3 is 2.32 bits per heavy atom. The van der Waals surface area contributed by atoms with Crippen LogP contribution in [-0.4, -0.2) is 13.4 Å². The van der Waals surface area contributed by atoms with Crippen molar-refractivity contribution in [1.82, 2.24) is 4.98 Å². The minimum atomic E-state index is -3.60. The van der Waals surface area contributed by atoms with Crippen molar-refractivity contribution in [3.8, 4) is 0 Å². The van der Waals surface area contributed by atoms with E-state index in [1.165, 1.54) is 0 Å². The lowest BCUT2D eigenvalue weighted by atomic mass is 10.1. The quantitative estimate of drug-likeness (QED) is 0.770. The fourth-order valence-electron chi connectivity index (χ4n) is 2.49. The number of anilines is 1. The zero-order valence-electron chi connectivity index (χ0n) is 12.8. The third-order valence-corrected chi connectivity index (χ3v) is 5.30. The van der Waals surface area contributed by atoms with Crippen LogP contribution >= 0.6 is 0 Å². The molecule has 1 heterocycles. The maximum Gasteiger partial charge on any atom is 0.261 e. The molecule has 0 amide bonds. The van der Waals surface area contributed by atoms with E-state index in [0.29, 0.717) is 5.69 Å². The number of H-pyrrole nitrogens is 1. The number of aromatic nitrogens is 1. The van der Waals surface area contributed by atoms with E-state index in [9.17, 15) is 8.42 Å². The second-order valence-corrected chi connectivity index (χ2v) is 7.20. The molecule has 0 unspecified atom stereocenters. The van der Waals surface area contributed by atoms with Crippen molar-refractivity contribution in [3.63, 3.8) is 0 Å². The molecule has 0 bridgehead atoms. The van der Waals surface area contributed by atoms with Gasteiger partial charge in [0, 0.05) is 11.1 Å². The van der Waals surface area contributed by atoms with E-state index < -0.39 is 10.0 Å². The lowest BCUT2D eigenvalue weighted by molar-refractivity contribution is 0.601. The van der Waals surface area contributed by atoms with E-state index in [-0.39, 0.29) is 4.90 Å². The first-order valence-electron chi connectivity index (χ1n) is 7.06. The van der Waals surface area contributed by atoms with E-state index in [1.807, 2.05) is 32.9 Å². The van der Waals surface area contributed by atoms with E-state index >= 15 is 0 Å². The number of fused-ring (bicyclic) bond motifs is 1. The Kier molecular flexibility index (Phi) is 3.45. The molecule has 2 N–H and O–H groups in total. The molecule has 0 atom stereocenters. The van der Waals surface area contributed by atoms with Crippen molar-refractivity contribution < 1.29 is 8.42 Å². The molecule has 0 aliphatic carbocycles. The summed E-state index contributed by atoms with van der Waals surface area (Å²) in [5, 5.41) is 1.03. The Hall–Kier alpha value is -2.27. The van der Waals surface area contributed by atoms with Gasteiger partial charge in [-0.15, -0.1) is 0 Å². The minimum absolute atomic E-state index is 0.259. The third kappa shape index (κ3) is 2.48. The van der Waals surface area contributed by atoms with Gasteiger partial charge >= 0.3 is 0 Å². The van der Waals surface area contributed by atoms with Crippen LogP contribution in [-0.2, 0) is 10.0 Å². The molecule has 0 radical (unpaired) electrons. The molecule has 2 aromatic carbocycles. The van der Waals surface area contributed by atoms with Gasteiger partial charge in [0.2, 0.25) is 0 Å². The summed E-state index contributed by atoms with van der Waals surface area (Å²) in [7, 11) is -3.60. The van der Waals surface area contributed by atoms with Gasteiger partial charge < -0.3 is 4.98 Å². The maximum atomic E-state index is 12.5. The van der Waals surface area contributed by atoms with Gasteiger partial charge in [-0.25, -0.2) is 8.42 Å². The average Bonchev–Trinajstić information content (AvgIpc) is 2.76. The average molecular weight is 314 g/mol. The molecule has 5 heteroatoms. The Morgan fingerprint density at radius 2 is 1.64 bits per heavy atom. The molecule has 0 saturated heterocycles. The molecule has 0 saturated carbocycles. The number of nitrogens with one attached hydrogen (secondary N) is 2. The summed E-state index contributed by atoms with van der Waals surface area (Å²) in [5.41, 5.74) is 4.57. The van der Waals surface area contributed by atoms with Crippen LogP contribution in [0.1, 0.15) is 16.8 Å². The summed E-state index contributed by atoms with van der Waals surface area (Å²) in [4.78, 5) is 3.51. The van der Waals surface area contributed by atoms with Gasteiger partial charge in [-0.1, -0.05) is 29.8 Å². The summed E-state index contributed by atoms with van der Waals surface area (Å²) >= 11 is 0. The number of hydrogen-bond acceptors (Lipinski definition) is 2. The van der Waals surface area contributed by atoms with Gasteiger partial charge in [0.05, 0.1) is 16.1 Å². The monoisotopic (exact) mass is 314 g/mol. The molecule has 0 fully saturated rings. The second-order valence-electron chi connectivity index (χ2n) is 5.52. The van der Waals surface area contributed by atoms with Gasteiger partial charge in [0.1, 0.15) is 0 Å². The van der Waals surface area contributed by atoms with E-state index in [0.717, 1.165) is 27.7 Å². The van der Waals surface area contributed by atoms with Crippen molar-refractivity contribution in [3.05, 3.63) is 59.3 Å². The van der Waals surface area contributed by atoms with Crippen LogP contribution in [0.5, 0.6) is 0 Å². The van der Waals surface area contributed by atoms with Gasteiger partial charge in [-0.05, 0) is 44.5 Å². The predicted octanol–water partition coefficient (Wildman–Crippen LogP) is 3.89. The highest BCUT2D eigenvalue weighted by Crippen LogP contribution is 2.29. The van der Waals surface area contributed by atoms with Gasteiger partial charge in [-0.3, -0.25) is 4.72 Å². The molecular formula is C17H18N2O2S. The largest absolute Gasteiger partial charge is 0.357 e. The topological polar surface area (TPSA) is 62.0 Å². The molecule has 114 valence electrons. The first-order chi connectivity index (χ1) is 10.4. The van der Waals surface area contributed by atoms with Crippen molar-refractivity contribution in [1.29, 1.82) is 0 Å². The van der Waals surface area contributed by atoms with Gasteiger partial charge in [-0.2, -0.15) is 0 Å². The van der Waals surface area contributed by atoms with E-state index in [4.69, 9.17) is 0 Å². The maximum absolute atomic E-state index is 12.5. The minimum Gasteiger partial charge on any atom is -0.357 e. The molecule has 3 aromatic rings. The normalized spacial score (nSPS) is 11.8. The van der Waals surface area contributed by atoms with Crippen molar-refractivity contribution in [2.75, 3.05) is 4.72 Å². The second kappa shape index (κ2) is 5.18. The first kappa shape index (κ1) is 14.7. The Balaban J connectivity index is 2.06. The first-order valence-corrected chi connectivity index (χ1v) is 8.54. The summed E-state index contributed by atoms with van der Waals surface area (Å²) in [6, 6.07) is 12.4. The van der Waals surface area contributed by atoms with Crippen LogP contribution in [0.2, 0.25) is 0 Å². The fourth-order valence-corrected chi connectivity index (χ4v) is 3.56. The van der Waals surface area contributed by atoms with Crippen LogP contribution in [0.25, 0.3) is 10.9 Å². The standard InChI is InChI=1S/C17H18N2O2S/c1-11-7-9-14(10-8-11)22(20,21)19-16-6-4-5-15-12(2)13(3)18-17(15)16/h4-10,18-19H,1-3H3. The summed E-state index contributed by atoms with van der Waals surface area (Å²) in [6.07, 6.45) is 0. The summed E-state index contributed by atoms with van der Waals surface area (Å²) in [6.45, 7) is 5.93. The van der Waals surface area contributed by atoms with Crippen molar-refractivity contribution in [2.24, 2.45) is 0 Å². The molecule has 0 aliphatic heterocycles. The smallest absolute Gasteiger partial charge is 0.261 e. The van der Waals surface area contributed by atoms with Crippen LogP contribution in [0.4, 0.5) is 5.69 Å². The Bertz CT molecular complexity index is 939. The van der Waals surface area contributed by atoms with Crippen molar-refractivity contribution in [2.45, 2.75) is 25.7 Å². The molecule has 3 rings (SSSR count). The molecule has 4 nitrogen and oxygen atoms in total. The lowest BCUT2D eigenvalue weighted by Gasteiger charge is -2.09. The number of aromatic amines is 1. The number of rotatable bonds is 3.